The topological polar surface area (TPSA) is 43.4 Å². The lowest BCUT2D eigenvalue weighted by atomic mass is 9.80. The molecule has 1 saturated carbocycles. The van der Waals surface area contributed by atoms with Crippen LogP contribution in [0.3, 0.4) is 0 Å². The van der Waals surface area contributed by atoms with Crippen molar-refractivity contribution in [3.05, 3.63) is 0 Å². The number of carbonyl (C=O) groups excluding carboxylic acids is 2. The summed E-state index contributed by atoms with van der Waals surface area (Å²) in [4.78, 5) is 22.9. The molecule has 0 bridgehead atoms. The molecule has 1 aliphatic rings. The average Bonchev–Trinajstić information content (AvgIpc) is 2.35. The Kier molecular flexibility index (Phi) is 6.02. The van der Waals surface area contributed by atoms with Gasteiger partial charge in [-0.15, -0.1) is 0 Å². The molecule has 0 unspecified atom stereocenters. The fraction of sp³-hybridized carbons (Fsp3) is 0.875. The molecule has 1 rings (SSSR count). The van der Waals surface area contributed by atoms with Crippen LogP contribution in [-0.2, 0) is 14.3 Å². The van der Waals surface area contributed by atoms with Crippen LogP contribution in [0.2, 0.25) is 0 Å². The van der Waals surface area contributed by atoms with Gasteiger partial charge in [-0.25, -0.2) is 0 Å². The molecule has 0 aromatic carbocycles. The molecule has 3 heteroatoms. The molecule has 0 aromatic rings. The molecule has 0 heterocycles. The van der Waals surface area contributed by atoms with Crippen LogP contribution in [0, 0.1) is 17.3 Å². The summed E-state index contributed by atoms with van der Waals surface area (Å²) in [6, 6.07) is 0. The van der Waals surface area contributed by atoms with Gasteiger partial charge < -0.3 is 9.53 Å². The normalized spacial score (nSPS) is 20.6. The third-order valence-corrected chi connectivity index (χ3v) is 4.00. The van der Waals surface area contributed by atoms with E-state index in [0.29, 0.717) is 12.3 Å². The van der Waals surface area contributed by atoms with E-state index < -0.39 is 5.41 Å². The average molecular weight is 268 g/mol. The molecule has 0 radical (unpaired) electrons. The van der Waals surface area contributed by atoms with Gasteiger partial charge in [0.1, 0.15) is 12.4 Å². The van der Waals surface area contributed by atoms with E-state index in [1.165, 1.54) is 19.3 Å². The summed E-state index contributed by atoms with van der Waals surface area (Å²) in [6.07, 6.45) is 7.24. The number of hydrogen-bond acceptors (Lipinski definition) is 3. The molecule has 0 amide bonds. The van der Waals surface area contributed by atoms with Gasteiger partial charge in [-0.1, -0.05) is 26.2 Å². The van der Waals surface area contributed by atoms with Crippen molar-refractivity contribution in [1.82, 2.24) is 0 Å². The van der Waals surface area contributed by atoms with E-state index in [0.717, 1.165) is 19.1 Å². The summed E-state index contributed by atoms with van der Waals surface area (Å²) >= 11 is 0. The third kappa shape index (κ3) is 4.96. The summed E-state index contributed by atoms with van der Waals surface area (Å²) in [5.74, 6) is 0.391. The lowest BCUT2D eigenvalue weighted by Crippen LogP contribution is -2.37. The first-order valence-corrected chi connectivity index (χ1v) is 7.51. The second-order valence-corrected chi connectivity index (χ2v) is 6.90. The maximum atomic E-state index is 12.1. The summed E-state index contributed by atoms with van der Waals surface area (Å²) in [6.45, 7) is 7.64. The first-order chi connectivity index (χ1) is 8.86. The van der Waals surface area contributed by atoms with Gasteiger partial charge in [0.05, 0.1) is 5.41 Å². The van der Waals surface area contributed by atoms with Crippen LogP contribution < -0.4 is 0 Å². The first kappa shape index (κ1) is 16.2. The van der Waals surface area contributed by atoms with Crippen LogP contribution in [0.1, 0.15) is 66.2 Å². The fourth-order valence-electron chi connectivity index (χ4n) is 2.73. The SMILES string of the molecule is C[C@H](CC=O)[C@@H](OC(=O)C(C)(C)C)C1CCCCC1. The molecular weight excluding hydrogens is 240 g/mol. The third-order valence-electron chi connectivity index (χ3n) is 4.00. The van der Waals surface area contributed by atoms with Gasteiger partial charge in [0.25, 0.3) is 0 Å². The zero-order chi connectivity index (χ0) is 14.5. The van der Waals surface area contributed by atoms with Crippen molar-refractivity contribution >= 4 is 12.3 Å². The van der Waals surface area contributed by atoms with Crippen LogP contribution in [0.4, 0.5) is 0 Å². The van der Waals surface area contributed by atoms with Gasteiger partial charge >= 0.3 is 5.97 Å². The minimum absolute atomic E-state index is 0.0998. The Bertz CT molecular complexity index is 298. The van der Waals surface area contributed by atoms with Crippen molar-refractivity contribution in [2.45, 2.75) is 72.3 Å². The van der Waals surface area contributed by atoms with Crippen molar-refractivity contribution in [2.24, 2.45) is 17.3 Å². The summed E-state index contributed by atoms with van der Waals surface area (Å²) in [7, 11) is 0. The molecule has 0 aromatic heterocycles. The van der Waals surface area contributed by atoms with Crippen LogP contribution in [-0.4, -0.2) is 18.4 Å². The molecule has 0 aliphatic heterocycles. The van der Waals surface area contributed by atoms with Crippen molar-refractivity contribution in [1.29, 1.82) is 0 Å². The second-order valence-electron chi connectivity index (χ2n) is 6.90. The monoisotopic (exact) mass is 268 g/mol. The molecule has 110 valence electrons. The number of aldehydes is 1. The van der Waals surface area contributed by atoms with Gasteiger partial charge in [0.2, 0.25) is 0 Å². The second kappa shape index (κ2) is 7.06. The van der Waals surface area contributed by atoms with E-state index in [1.54, 1.807) is 0 Å². The Hall–Kier alpha value is -0.860. The number of rotatable bonds is 5. The summed E-state index contributed by atoms with van der Waals surface area (Å²) in [5, 5.41) is 0. The van der Waals surface area contributed by atoms with E-state index in [4.69, 9.17) is 4.74 Å². The fourth-order valence-corrected chi connectivity index (χ4v) is 2.73. The molecule has 2 atom stereocenters. The molecular formula is C16H28O3. The van der Waals surface area contributed by atoms with Gasteiger partial charge in [-0.2, -0.15) is 0 Å². The van der Waals surface area contributed by atoms with E-state index in [-0.39, 0.29) is 18.0 Å². The standard InChI is InChI=1S/C16H28O3/c1-12(10-11-17)14(13-8-6-5-7-9-13)19-15(18)16(2,3)4/h11-14H,5-10H2,1-4H3/t12-,14-/m1/s1. The lowest BCUT2D eigenvalue weighted by Gasteiger charge is -2.35. The van der Waals surface area contributed by atoms with Crippen molar-refractivity contribution in [3.63, 3.8) is 0 Å². The number of carbonyl (C=O) groups is 2. The van der Waals surface area contributed by atoms with Gasteiger partial charge in [0, 0.05) is 6.42 Å². The quantitative estimate of drug-likeness (QED) is 0.563. The van der Waals surface area contributed by atoms with Crippen molar-refractivity contribution < 1.29 is 14.3 Å². The smallest absolute Gasteiger partial charge is 0.311 e. The summed E-state index contributed by atoms with van der Waals surface area (Å²) in [5.41, 5.74) is -0.478. The Labute approximate surface area is 117 Å². The number of hydrogen-bond donors (Lipinski definition) is 0. The minimum atomic E-state index is -0.478. The Balaban J connectivity index is 2.73. The zero-order valence-corrected chi connectivity index (χ0v) is 12.8. The molecule has 19 heavy (non-hydrogen) atoms. The Morgan fingerprint density at radius 2 is 1.84 bits per heavy atom. The predicted octanol–water partition coefficient (Wildman–Crippen LogP) is 3.75. The molecule has 0 saturated heterocycles. The molecule has 1 aliphatic carbocycles. The largest absolute Gasteiger partial charge is 0.461 e. The van der Waals surface area contributed by atoms with Gasteiger partial charge in [-0.05, 0) is 45.4 Å². The molecule has 0 spiro atoms. The highest BCUT2D eigenvalue weighted by Crippen LogP contribution is 2.33. The van der Waals surface area contributed by atoms with Crippen LogP contribution in [0.5, 0.6) is 0 Å². The Morgan fingerprint density at radius 1 is 1.26 bits per heavy atom. The minimum Gasteiger partial charge on any atom is -0.461 e. The molecule has 1 fully saturated rings. The van der Waals surface area contributed by atoms with Crippen molar-refractivity contribution in [2.75, 3.05) is 0 Å². The highest BCUT2D eigenvalue weighted by Gasteiger charge is 2.34. The number of esters is 1. The predicted molar refractivity (Wildman–Crippen MR) is 75.8 cm³/mol. The van der Waals surface area contributed by atoms with Gasteiger partial charge in [0.15, 0.2) is 0 Å². The summed E-state index contributed by atoms with van der Waals surface area (Å²) < 4.78 is 5.77. The highest BCUT2D eigenvalue weighted by atomic mass is 16.5. The lowest BCUT2D eigenvalue weighted by molar-refractivity contribution is -0.166. The van der Waals surface area contributed by atoms with Crippen LogP contribution in [0.25, 0.3) is 0 Å². The molecule has 0 N–H and O–H groups in total. The Morgan fingerprint density at radius 3 is 2.32 bits per heavy atom. The highest BCUT2D eigenvalue weighted by molar-refractivity contribution is 5.75. The van der Waals surface area contributed by atoms with E-state index in [2.05, 4.69) is 0 Å². The van der Waals surface area contributed by atoms with E-state index in [9.17, 15) is 9.59 Å². The van der Waals surface area contributed by atoms with E-state index >= 15 is 0 Å². The van der Waals surface area contributed by atoms with Crippen LogP contribution >= 0.6 is 0 Å². The maximum Gasteiger partial charge on any atom is 0.311 e. The zero-order valence-electron chi connectivity index (χ0n) is 12.8. The van der Waals surface area contributed by atoms with Crippen molar-refractivity contribution in [3.8, 4) is 0 Å². The van der Waals surface area contributed by atoms with E-state index in [1.807, 2.05) is 27.7 Å². The first-order valence-electron chi connectivity index (χ1n) is 7.51. The molecule has 3 nitrogen and oxygen atoms in total. The number of ether oxygens (including phenoxy) is 1. The van der Waals surface area contributed by atoms with Crippen LogP contribution in [0.15, 0.2) is 0 Å². The van der Waals surface area contributed by atoms with Gasteiger partial charge in [-0.3, -0.25) is 4.79 Å². The maximum absolute atomic E-state index is 12.1.